The number of piperidine rings is 1. The van der Waals surface area contributed by atoms with Gasteiger partial charge < -0.3 is 9.64 Å². The van der Waals surface area contributed by atoms with Crippen molar-refractivity contribution in [3.05, 3.63) is 42.0 Å². The van der Waals surface area contributed by atoms with Crippen LogP contribution in [0.5, 0.6) is 0 Å². The minimum atomic E-state index is -0.497. The Labute approximate surface area is 177 Å². The normalized spacial score (nSPS) is 29.4. The molecule has 3 fully saturated rings. The van der Waals surface area contributed by atoms with Gasteiger partial charge in [0.2, 0.25) is 11.8 Å². The Morgan fingerprint density at radius 1 is 1.30 bits per heavy atom. The number of para-hydroxylation sites is 1. The average Bonchev–Trinajstić information content (AvgIpc) is 2.98. The Kier molecular flexibility index (Phi) is 5.53. The molecule has 1 aromatic carbocycles. The highest BCUT2D eigenvalue weighted by atomic mass is 16.5. The highest BCUT2D eigenvalue weighted by Gasteiger charge is 2.46. The summed E-state index contributed by atoms with van der Waals surface area (Å²) in [5.41, 5.74) is 1.57. The zero-order chi connectivity index (χ0) is 21.5. The van der Waals surface area contributed by atoms with Crippen LogP contribution in [0.3, 0.4) is 0 Å². The highest BCUT2D eigenvalue weighted by molar-refractivity contribution is 6.22. The van der Waals surface area contributed by atoms with Crippen molar-refractivity contribution in [3.8, 4) is 0 Å². The van der Waals surface area contributed by atoms with Crippen LogP contribution < -0.4 is 4.90 Å². The standard InChI is InChI=1S/C24H30N2O4/c1-4-25-13-18-8-7-11-24(14-25,17(18)3)15-30-23(29)19-9-5-6-10-20(19)26-21(27)12-16(2)22(26)28/h5-6,9-10,16,18H,3-4,7-8,11-15H2,1-2H3. The summed E-state index contributed by atoms with van der Waals surface area (Å²) in [4.78, 5) is 41.5. The van der Waals surface area contributed by atoms with Crippen molar-refractivity contribution >= 4 is 23.5 Å². The van der Waals surface area contributed by atoms with E-state index in [4.69, 9.17) is 4.74 Å². The molecule has 1 aliphatic carbocycles. The summed E-state index contributed by atoms with van der Waals surface area (Å²) in [6.07, 6.45) is 3.39. The van der Waals surface area contributed by atoms with E-state index in [0.29, 0.717) is 11.6 Å². The van der Waals surface area contributed by atoms with Crippen LogP contribution in [-0.2, 0) is 14.3 Å². The van der Waals surface area contributed by atoms with Crippen LogP contribution in [0.15, 0.2) is 36.4 Å². The van der Waals surface area contributed by atoms with Gasteiger partial charge in [0.1, 0.15) is 6.61 Å². The van der Waals surface area contributed by atoms with E-state index in [9.17, 15) is 14.4 Å². The van der Waals surface area contributed by atoms with E-state index >= 15 is 0 Å². The number of hydrogen-bond acceptors (Lipinski definition) is 5. The molecule has 30 heavy (non-hydrogen) atoms. The van der Waals surface area contributed by atoms with Crippen molar-refractivity contribution in [1.29, 1.82) is 0 Å². The number of benzene rings is 1. The molecule has 1 saturated carbocycles. The summed E-state index contributed by atoms with van der Waals surface area (Å²) in [7, 11) is 0. The summed E-state index contributed by atoms with van der Waals surface area (Å²) in [5.74, 6) is -0.956. The lowest BCUT2D eigenvalue weighted by atomic mass is 9.64. The lowest BCUT2D eigenvalue weighted by Gasteiger charge is -2.51. The largest absolute Gasteiger partial charge is 0.461 e. The molecule has 1 aromatic rings. The minimum Gasteiger partial charge on any atom is -0.461 e. The third kappa shape index (κ3) is 3.47. The Hall–Kier alpha value is -2.47. The second-order valence-electron chi connectivity index (χ2n) is 8.99. The van der Waals surface area contributed by atoms with Gasteiger partial charge >= 0.3 is 5.97 Å². The number of nitrogens with zero attached hydrogens (tertiary/aromatic N) is 2. The van der Waals surface area contributed by atoms with E-state index in [0.717, 1.165) is 43.8 Å². The van der Waals surface area contributed by atoms with Gasteiger partial charge in [0, 0.05) is 30.8 Å². The fourth-order valence-electron chi connectivity index (χ4n) is 5.25. The number of fused-ring (bicyclic) bond motifs is 2. The van der Waals surface area contributed by atoms with Crippen LogP contribution in [0.25, 0.3) is 0 Å². The SMILES string of the molecule is C=C1C2CCCC1(COC(=O)c1ccccc1N1C(=O)CC(C)C1=O)CN(CC)C2. The molecule has 4 rings (SSSR count). The van der Waals surface area contributed by atoms with E-state index < -0.39 is 5.97 Å². The van der Waals surface area contributed by atoms with E-state index in [1.54, 1.807) is 31.2 Å². The van der Waals surface area contributed by atoms with Crippen molar-refractivity contribution in [2.45, 2.75) is 39.5 Å². The van der Waals surface area contributed by atoms with Crippen molar-refractivity contribution in [2.75, 3.05) is 31.1 Å². The summed E-state index contributed by atoms with van der Waals surface area (Å²) in [6, 6.07) is 6.71. The number of carbonyl (C=O) groups excluding carboxylic acids is 3. The predicted octanol–water partition coefficient (Wildman–Crippen LogP) is 3.42. The van der Waals surface area contributed by atoms with Gasteiger partial charge in [-0.1, -0.05) is 44.6 Å². The number of ether oxygens (including phenoxy) is 1. The molecular formula is C24H30N2O4. The van der Waals surface area contributed by atoms with Crippen molar-refractivity contribution in [3.63, 3.8) is 0 Å². The zero-order valence-corrected chi connectivity index (χ0v) is 17.9. The maximum absolute atomic E-state index is 13.1. The molecule has 0 spiro atoms. The number of esters is 1. The van der Waals surface area contributed by atoms with E-state index in [1.807, 2.05) is 0 Å². The number of carbonyl (C=O) groups is 3. The average molecular weight is 411 g/mol. The van der Waals surface area contributed by atoms with Crippen LogP contribution >= 0.6 is 0 Å². The molecule has 2 aliphatic heterocycles. The Balaban J connectivity index is 1.55. The lowest BCUT2D eigenvalue weighted by molar-refractivity contribution is -0.122. The van der Waals surface area contributed by atoms with Crippen molar-refractivity contribution in [2.24, 2.45) is 17.3 Å². The molecule has 2 heterocycles. The molecule has 6 heteroatoms. The number of imide groups is 1. The monoisotopic (exact) mass is 410 g/mol. The molecule has 0 aromatic heterocycles. The van der Waals surface area contributed by atoms with E-state index in [1.165, 1.54) is 5.57 Å². The Morgan fingerprint density at radius 2 is 2.07 bits per heavy atom. The van der Waals surface area contributed by atoms with Crippen LogP contribution in [0.4, 0.5) is 5.69 Å². The number of anilines is 1. The number of amides is 2. The maximum Gasteiger partial charge on any atom is 0.340 e. The highest BCUT2D eigenvalue weighted by Crippen LogP contribution is 2.47. The molecule has 2 amide bonds. The van der Waals surface area contributed by atoms with Crippen molar-refractivity contribution in [1.82, 2.24) is 4.90 Å². The van der Waals surface area contributed by atoms with Crippen LogP contribution in [0, 0.1) is 17.3 Å². The first-order valence-corrected chi connectivity index (χ1v) is 10.9. The summed E-state index contributed by atoms with van der Waals surface area (Å²) in [5, 5.41) is 0. The Morgan fingerprint density at radius 3 is 2.77 bits per heavy atom. The molecule has 6 nitrogen and oxygen atoms in total. The van der Waals surface area contributed by atoms with Crippen LogP contribution in [-0.4, -0.2) is 48.9 Å². The fraction of sp³-hybridized carbons (Fsp3) is 0.542. The molecule has 2 bridgehead atoms. The van der Waals surface area contributed by atoms with Gasteiger partial charge in [-0.3, -0.25) is 9.59 Å². The second-order valence-corrected chi connectivity index (χ2v) is 8.99. The number of likely N-dealkylation sites (tertiary alicyclic amines) is 1. The summed E-state index contributed by atoms with van der Waals surface area (Å²) >= 11 is 0. The van der Waals surface area contributed by atoms with Gasteiger partial charge in [0.25, 0.3) is 0 Å². The van der Waals surface area contributed by atoms with Gasteiger partial charge in [-0.05, 0) is 37.4 Å². The molecule has 2 saturated heterocycles. The predicted molar refractivity (Wildman–Crippen MR) is 114 cm³/mol. The number of hydrogen-bond donors (Lipinski definition) is 0. The first-order valence-electron chi connectivity index (χ1n) is 10.9. The van der Waals surface area contributed by atoms with Gasteiger partial charge in [-0.2, -0.15) is 0 Å². The third-order valence-corrected chi connectivity index (χ3v) is 7.05. The van der Waals surface area contributed by atoms with Gasteiger partial charge in [-0.15, -0.1) is 0 Å². The third-order valence-electron chi connectivity index (χ3n) is 7.05. The van der Waals surface area contributed by atoms with Crippen LogP contribution in [0.1, 0.15) is 49.9 Å². The topological polar surface area (TPSA) is 66.9 Å². The molecule has 3 atom stereocenters. The zero-order valence-electron chi connectivity index (χ0n) is 17.9. The van der Waals surface area contributed by atoms with E-state index in [-0.39, 0.29) is 41.7 Å². The Bertz CT molecular complexity index is 895. The fourth-order valence-corrected chi connectivity index (χ4v) is 5.25. The quantitative estimate of drug-likeness (QED) is 0.423. The smallest absolute Gasteiger partial charge is 0.340 e. The minimum absolute atomic E-state index is 0.166. The molecule has 0 N–H and O–H groups in total. The first kappa shape index (κ1) is 20.8. The van der Waals surface area contributed by atoms with Crippen molar-refractivity contribution < 1.29 is 19.1 Å². The summed E-state index contributed by atoms with van der Waals surface area (Å²) < 4.78 is 5.83. The van der Waals surface area contributed by atoms with Gasteiger partial charge in [0.05, 0.1) is 11.3 Å². The molecule has 3 aliphatic rings. The lowest BCUT2D eigenvalue weighted by Crippen LogP contribution is -2.53. The van der Waals surface area contributed by atoms with Crippen LogP contribution in [0.2, 0.25) is 0 Å². The molecule has 3 unspecified atom stereocenters. The molecule has 160 valence electrons. The number of rotatable bonds is 5. The van der Waals surface area contributed by atoms with Gasteiger partial charge in [0.15, 0.2) is 0 Å². The first-order chi connectivity index (χ1) is 14.4. The molecule has 0 radical (unpaired) electrons. The second kappa shape index (κ2) is 7.99. The van der Waals surface area contributed by atoms with Gasteiger partial charge in [-0.25, -0.2) is 9.69 Å². The summed E-state index contributed by atoms with van der Waals surface area (Å²) in [6.45, 7) is 11.4. The van der Waals surface area contributed by atoms with E-state index in [2.05, 4.69) is 18.4 Å². The maximum atomic E-state index is 13.1. The molecular weight excluding hydrogens is 380 g/mol.